The van der Waals surface area contributed by atoms with Crippen LogP contribution in [0.5, 0.6) is 5.75 Å². The van der Waals surface area contributed by atoms with Crippen molar-refractivity contribution >= 4 is 12.1 Å². The molecule has 8 heteroatoms. The van der Waals surface area contributed by atoms with Crippen LogP contribution < -0.4 is 4.74 Å². The number of amides is 1. The molecule has 0 atom stereocenters. The summed E-state index contributed by atoms with van der Waals surface area (Å²) in [4.78, 5) is 32.3. The van der Waals surface area contributed by atoms with Gasteiger partial charge in [0.1, 0.15) is 17.0 Å². The number of pyridine rings is 1. The standard InChI is InChI=1S/C29H37N3O5/c1-8-35-23-12-10-9-11-20(23)22-14-13-21(24(31-22)25(33)36-27(2,3)4)29(19-30)15-17-32(18-16-29)26(34)37-28(5,6)7/h9-14H,8,15-18H2,1-7H3. The molecular formula is C29H37N3O5. The van der Waals surface area contributed by atoms with Gasteiger partial charge >= 0.3 is 12.1 Å². The molecule has 0 radical (unpaired) electrons. The molecule has 1 aliphatic rings. The van der Waals surface area contributed by atoms with E-state index >= 15 is 0 Å². The summed E-state index contributed by atoms with van der Waals surface area (Å²) < 4.78 is 17.0. The number of aromatic nitrogens is 1. The van der Waals surface area contributed by atoms with Gasteiger partial charge in [-0.15, -0.1) is 0 Å². The second kappa shape index (κ2) is 10.8. The number of likely N-dealkylation sites (tertiary alicyclic amines) is 1. The Morgan fingerprint density at radius 2 is 1.62 bits per heavy atom. The fourth-order valence-corrected chi connectivity index (χ4v) is 4.28. The van der Waals surface area contributed by atoms with Gasteiger partial charge in [0.05, 0.1) is 23.8 Å². The van der Waals surface area contributed by atoms with Crippen molar-refractivity contribution < 1.29 is 23.8 Å². The predicted molar refractivity (Wildman–Crippen MR) is 140 cm³/mol. The Kier molecular flexibility index (Phi) is 8.16. The minimum Gasteiger partial charge on any atom is -0.493 e. The fourth-order valence-electron chi connectivity index (χ4n) is 4.28. The fraction of sp³-hybridized carbons (Fsp3) is 0.517. The maximum Gasteiger partial charge on any atom is 0.410 e. The van der Waals surface area contributed by atoms with Crippen molar-refractivity contribution in [1.82, 2.24) is 9.88 Å². The number of benzene rings is 1. The number of nitrogens with zero attached hydrogens (tertiary/aromatic N) is 3. The van der Waals surface area contributed by atoms with Crippen molar-refractivity contribution in [2.75, 3.05) is 19.7 Å². The van der Waals surface area contributed by atoms with Crippen molar-refractivity contribution in [3.63, 3.8) is 0 Å². The molecule has 0 bridgehead atoms. The highest BCUT2D eigenvalue weighted by Crippen LogP contribution is 2.39. The topological polar surface area (TPSA) is 102 Å². The Balaban J connectivity index is 2.03. The van der Waals surface area contributed by atoms with Crippen LogP contribution in [0.1, 0.15) is 77.4 Å². The van der Waals surface area contributed by atoms with E-state index in [1.54, 1.807) is 37.8 Å². The lowest BCUT2D eigenvalue weighted by Crippen LogP contribution is -2.47. The van der Waals surface area contributed by atoms with Gasteiger partial charge in [0.15, 0.2) is 5.69 Å². The van der Waals surface area contributed by atoms with Gasteiger partial charge < -0.3 is 19.1 Å². The summed E-state index contributed by atoms with van der Waals surface area (Å²) in [6.45, 7) is 13.9. The molecular weight excluding hydrogens is 470 g/mol. The molecule has 0 N–H and O–H groups in total. The number of nitriles is 1. The molecule has 1 fully saturated rings. The number of para-hydroxylation sites is 1. The number of esters is 1. The molecule has 1 saturated heterocycles. The summed E-state index contributed by atoms with van der Waals surface area (Å²) in [6.07, 6.45) is 0.275. The van der Waals surface area contributed by atoms with Crippen molar-refractivity contribution in [1.29, 1.82) is 5.26 Å². The van der Waals surface area contributed by atoms with Crippen molar-refractivity contribution in [3.05, 3.63) is 47.7 Å². The van der Waals surface area contributed by atoms with E-state index in [4.69, 9.17) is 19.2 Å². The molecule has 2 heterocycles. The number of piperidine rings is 1. The lowest BCUT2D eigenvalue weighted by atomic mass is 9.73. The minimum absolute atomic E-state index is 0.103. The summed E-state index contributed by atoms with van der Waals surface area (Å²) in [6, 6.07) is 13.5. The van der Waals surface area contributed by atoms with Crippen molar-refractivity contribution in [3.8, 4) is 23.1 Å². The van der Waals surface area contributed by atoms with Gasteiger partial charge in [-0.3, -0.25) is 0 Å². The first-order valence-corrected chi connectivity index (χ1v) is 12.6. The van der Waals surface area contributed by atoms with Gasteiger partial charge in [0, 0.05) is 24.2 Å². The molecule has 1 aromatic carbocycles. The third-order valence-corrected chi connectivity index (χ3v) is 5.95. The molecule has 198 valence electrons. The average Bonchev–Trinajstić information content (AvgIpc) is 2.82. The van der Waals surface area contributed by atoms with Gasteiger partial charge in [-0.05, 0) is 79.5 Å². The SMILES string of the molecule is CCOc1ccccc1-c1ccc(C2(C#N)CCN(C(=O)OC(C)(C)C)CC2)c(C(=O)OC(C)(C)C)n1. The molecule has 1 aromatic heterocycles. The molecule has 2 aromatic rings. The third-order valence-electron chi connectivity index (χ3n) is 5.95. The summed E-state index contributed by atoms with van der Waals surface area (Å²) in [7, 11) is 0. The maximum absolute atomic E-state index is 13.4. The lowest BCUT2D eigenvalue weighted by Gasteiger charge is -2.38. The van der Waals surface area contributed by atoms with Crippen LogP contribution in [0.2, 0.25) is 0 Å². The smallest absolute Gasteiger partial charge is 0.410 e. The van der Waals surface area contributed by atoms with Crippen LogP contribution in [-0.4, -0.2) is 52.8 Å². The number of carbonyl (C=O) groups is 2. The van der Waals surface area contributed by atoms with E-state index < -0.39 is 28.7 Å². The van der Waals surface area contributed by atoms with Gasteiger partial charge in [0.25, 0.3) is 0 Å². The van der Waals surface area contributed by atoms with E-state index in [0.29, 0.717) is 49.5 Å². The van der Waals surface area contributed by atoms with E-state index in [1.165, 1.54) is 0 Å². The first kappa shape index (κ1) is 28.0. The van der Waals surface area contributed by atoms with E-state index in [1.807, 2.05) is 52.0 Å². The Labute approximate surface area is 219 Å². The number of rotatable bonds is 5. The zero-order valence-corrected chi connectivity index (χ0v) is 22.9. The highest BCUT2D eigenvalue weighted by atomic mass is 16.6. The summed E-state index contributed by atoms with van der Waals surface area (Å²) >= 11 is 0. The summed E-state index contributed by atoms with van der Waals surface area (Å²) in [5.41, 5.74) is -0.455. The quantitative estimate of drug-likeness (QED) is 0.465. The first-order chi connectivity index (χ1) is 17.3. The lowest BCUT2D eigenvalue weighted by molar-refractivity contribution is 0.00537. The maximum atomic E-state index is 13.4. The average molecular weight is 508 g/mol. The highest BCUT2D eigenvalue weighted by Gasteiger charge is 2.42. The molecule has 3 rings (SSSR count). The molecule has 1 aliphatic heterocycles. The Bertz CT molecular complexity index is 1180. The molecule has 1 amide bonds. The van der Waals surface area contributed by atoms with Crippen LogP contribution in [0.3, 0.4) is 0 Å². The predicted octanol–water partition coefficient (Wildman–Crippen LogP) is 5.89. The van der Waals surface area contributed by atoms with Crippen LogP contribution in [0.25, 0.3) is 11.3 Å². The van der Waals surface area contributed by atoms with Crippen LogP contribution in [0, 0.1) is 11.3 Å². The molecule has 0 aliphatic carbocycles. The van der Waals surface area contributed by atoms with E-state index in [2.05, 4.69) is 6.07 Å². The van der Waals surface area contributed by atoms with E-state index in [0.717, 1.165) is 5.56 Å². The van der Waals surface area contributed by atoms with Crippen LogP contribution in [0.15, 0.2) is 36.4 Å². The Morgan fingerprint density at radius 1 is 1.00 bits per heavy atom. The molecule has 37 heavy (non-hydrogen) atoms. The molecule has 0 saturated carbocycles. The Morgan fingerprint density at radius 3 is 2.19 bits per heavy atom. The van der Waals surface area contributed by atoms with Gasteiger partial charge in [-0.2, -0.15) is 5.26 Å². The number of ether oxygens (including phenoxy) is 3. The molecule has 0 unspecified atom stereocenters. The van der Waals surface area contributed by atoms with E-state index in [9.17, 15) is 14.9 Å². The number of carbonyl (C=O) groups excluding carboxylic acids is 2. The zero-order chi connectivity index (χ0) is 27.4. The van der Waals surface area contributed by atoms with E-state index in [-0.39, 0.29) is 5.69 Å². The minimum atomic E-state index is -1.00. The normalized spacial score (nSPS) is 15.5. The zero-order valence-electron chi connectivity index (χ0n) is 22.9. The number of hydrogen-bond acceptors (Lipinski definition) is 7. The van der Waals surface area contributed by atoms with Gasteiger partial charge in [-0.1, -0.05) is 18.2 Å². The summed E-state index contributed by atoms with van der Waals surface area (Å²) in [5.74, 6) is 0.0588. The third kappa shape index (κ3) is 6.79. The van der Waals surface area contributed by atoms with Crippen molar-refractivity contribution in [2.45, 2.75) is 77.9 Å². The number of hydrogen-bond donors (Lipinski definition) is 0. The highest BCUT2D eigenvalue weighted by molar-refractivity contribution is 5.91. The largest absolute Gasteiger partial charge is 0.493 e. The van der Waals surface area contributed by atoms with Crippen LogP contribution in [-0.2, 0) is 14.9 Å². The Hall–Kier alpha value is -3.60. The van der Waals surface area contributed by atoms with Crippen LogP contribution >= 0.6 is 0 Å². The first-order valence-electron chi connectivity index (χ1n) is 12.6. The van der Waals surface area contributed by atoms with Gasteiger partial charge in [0.2, 0.25) is 0 Å². The summed E-state index contributed by atoms with van der Waals surface area (Å²) in [5, 5.41) is 10.4. The van der Waals surface area contributed by atoms with Gasteiger partial charge in [-0.25, -0.2) is 14.6 Å². The monoisotopic (exact) mass is 507 g/mol. The second-order valence-corrected chi connectivity index (χ2v) is 11.2. The van der Waals surface area contributed by atoms with Crippen molar-refractivity contribution in [2.24, 2.45) is 0 Å². The molecule has 0 spiro atoms. The second-order valence-electron chi connectivity index (χ2n) is 11.2. The van der Waals surface area contributed by atoms with Crippen LogP contribution in [0.4, 0.5) is 4.79 Å². The molecule has 8 nitrogen and oxygen atoms in total.